The molecule has 2 heterocycles. The average molecular weight is 405 g/mol. The van der Waals surface area contributed by atoms with E-state index in [1.54, 1.807) is 42.7 Å². The maximum absolute atomic E-state index is 12.8. The van der Waals surface area contributed by atoms with Gasteiger partial charge in [0.15, 0.2) is 0 Å². The highest BCUT2D eigenvalue weighted by molar-refractivity contribution is 5.94. The quantitative estimate of drug-likeness (QED) is 0.433. The van der Waals surface area contributed by atoms with Crippen molar-refractivity contribution in [2.45, 2.75) is 12.6 Å². The minimum Gasteiger partial charge on any atom is -0.467 e. The van der Waals surface area contributed by atoms with Crippen LogP contribution in [-0.4, -0.2) is 18.5 Å². The lowest BCUT2D eigenvalue weighted by Crippen LogP contribution is -2.29. The van der Waals surface area contributed by atoms with Gasteiger partial charge in [-0.15, -0.1) is 0 Å². The van der Waals surface area contributed by atoms with Crippen LogP contribution in [0.1, 0.15) is 17.4 Å². The minimum absolute atomic E-state index is 0.0711. The molecule has 3 aromatic rings. The summed E-state index contributed by atoms with van der Waals surface area (Å²) in [6, 6.07) is 20.0. The summed E-state index contributed by atoms with van der Waals surface area (Å²) in [5.74, 6) is 0.365. The van der Waals surface area contributed by atoms with Crippen LogP contribution in [0.3, 0.4) is 0 Å². The van der Waals surface area contributed by atoms with Crippen molar-refractivity contribution in [3.05, 3.63) is 84.3 Å². The number of hydrogen-bond donors (Lipinski definition) is 5. The van der Waals surface area contributed by atoms with E-state index in [1.165, 1.54) is 0 Å². The van der Waals surface area contributed by atoms with Gasteiger partial charge in [-0.25, -0.2) is 10.2 Å². The first kappa shape index (κ1) is 19.7. The number of furan rings is 1. The van der Waals surface area contributed by atoms with Crippen molar-refractivity contribution < 1.29 is 14.0 Å². The van der Waals surface area contributed by atoms with Crippen LogP contribution in [0.4, 0.5) is 16.2 Å². The lowest BCUT2D eigenvalue weighted by Gasteiger charge is -2.18. The second-order valence-electron chi connectivity index (χ2n) is 6.97. The fourth-order valence-electron chi connectivity index (χ4n) is 3.35. The zero-order chi connectivity index (χ0) is 20.8. The highest BCUT2D eigenvalue weighted by Gasteiger charge is 2.33. The Morgan fingerprint density at radius 2 is 1.67 bits per heavy atom. The average Bonchev–Trinajstić information content (AvgIpc) is 3.46. The summed E-state index contributed by atoms with van der Waals surface area (Å²) in [6.07, 6.45) is 1.56. The Morgan fingerprint density at radius 1 is 0.933 bits per heavy atom. The zero-order valence-corrected chi connectivity index (χ0v) is 16.2. The maximum atomic E-state index is 12.8. The third kappa shape index (κ3) is 4.86. The normalized spacial score (nSPS) is 18.0. The van der Waals surface area contributed by atoms with Gasteiger partial charge in [-0.3, -0.25) is 10.2 Å². The van der Waals surface area contributed by atoms with E-state index in [1.807, 2.05) is 30.3 Å². The summed E-state index contributed by atoms with van der Waals surface area (Å²) in [5.41, 5.74) is 8.59. The van der Waals surface area contributed by atoms with Crippen LogP contribution in [0.2, 0.25) is 0 Å². The van der Waals surface area contributed by atoms with E-state index in [0.29, 0.717) is 30.2 Å². The topological polar surface area (TPSA) is 107 Å². The molecule has 1 aromatic heterocycles. The first-order valence-electron chi connectivity index (χ1n) is 9.70. The van der Waals surface area contributed by atoms with E-state index in [-0.39, 0.29) is 23.9 Å². The van der Waals surface area contributed by atoms with Crippen LogP contribution >= 0.6 is 0 Å². The summed E-state index contributed by atoms with van der Waals surface area (Å²) in [4.78, 5) is 24.7. The van der Waals surface area contributed by atoms with Crippen LogP contribution in [0.25, 0.3) is 0 Å². The van der Waals surface area contributed by atoms with Crippen LogP contribution < -0.4 is 26.8 Å². The standard InChI is InChI=1S/C22H23N5O3/c28-21(19-14-24-27-20(19)15-5-2-1-3-6-15)25-16-8-10-17(11-9-16)26-22(29)23-13-18-7-4-12-30-18/h1-12,19-20,24,27H,13-14H2,(H,25,28)(H2,23,26,29). The number of anilines is 2. The van der Waals surface area contributed by atoms with Crippen molar-refractivity contribution >= 4 is 23.3 Å². The molecule has 3 amide bonds. The molecule has 5 N–H and O–H groups in total. The number of hydrazine groups is 1. The summed E-state index contributed by atoms with van der Waals surface area (Å²) in [6.45, 7) is 0.847. The smallest absolute Gasteiger partial charge is 0.319 e. The molecule has 1 aliphatic rings. The summed E-state index contributed by atoms with van der Waals surface area (Å²) < 4.78 is 5.17. The number of urea groups is 1. The van der Waals surface area contributed by atoms with E-state index in [0.717, 1.165) is 5.56 Å². The molecule has 0 saturated carbocycles. The van der Waals surface area contributed by atoms with Gasteiger partial charge in [0.25, 0.3) is 0 Å². The zero-order valence-electron chi connectivity index (χ0n) is 16.2. The third-order valence-electron chi connectivity index (χ3n) is 4.89. The number of carbonyl (C=O) groups is 2. The molecule has 154 valence electrons. The molecule has 1 fully saturated rings. The van der Waals surface area contributed by atoms with E-state index in [2.05, 4.69) is 26.8 Å². The van der Waals surface area contributed by atoms with Gasteiger partial charge in [0.2, 0.25) is 5.91 Å². The highest BCUT2D eigenvalue weighted by atomic mass is 16.3. The predicted octanol–water partition coefficient (Wildman–Crippen LogP) is 3.01. The molecule has 2 atom stereocenters. The lowest BCUT2D eigenvalue weighted by atomic mass is 9.94. The SMILES string of the molecule is O=C(NCc1ccco1)Nc1ccc(NC(=O)C2CNNC2c2ccccc2)cc1. The fraction of sp³-hybridized carbons (Fsp3) is 0.182. The lowest BCUT2D eigenvalue weighted by molar-refractivity contribution is -0.119. The van der Waals surface area contributed by atoms with Gasteiger partial charge in [-0.2, -0.15) is 0 Å². The van der Waals surface area contributed by atoms with E-state index in [4.69, 9.17) is 4.42 Å². The molecule has 0 radical (unpaired) electrons. The molecule has 1 aliphatic heterocycles. The molecule has 2 aromatic carbocycles. The minimum atomic E-state index is -0.336. The maximum Gasteiger partial charge on any atom is 0.319 e. The van der Waals surface area contributed by atoms with Crippen LogP contribution in [0, 0.1) is 5.92 Å². The van der Waals surface area contributed by atoms with Gasteiger partial charge >= 0.3 is 6.03 Å². The van der Waals surface area contributed by atoms with Crippen LogP contribution in [0.5, 0.6) is 0 Å². The Balaban J connectivity index is 1.30. The Bertz CT molecular complexity index is 974. The van der Waals surface area contributed by atoms with Gasteiger partial charge < -0.3 is 20.4 Å². The van der Waals surface area contributed by atoms with Crippen molar-refractivity contribution in [3.8, 4) is 0 Å². The van der Waals surface area contributed by atoms with Crippen LogP contribution in [0.15, 0.2) is 77.4 Å². The Morgan fingerprint density at radius 3 is 2.37 bits per heavy atom. The summed E-state index contributed by atoms with van der Waals surface area (Å²) >= 11 is 0. The molecule has 4 rings (SSSR count). The van der Waals surface area contributed by atoms with Crippen molar-refractivity contribution in [3.63, 3.8) is 0 Å². The molecule has 2 unspecified atom stereocenters. The number of benzene rings is 2. The number of amides is 3. The van der Waals surface area contributed by atoms with Crippen molar-refractivity contribution in [1.82, 2.24) is 16.2 Å². The number of nitrogens with one attached hydrogen (secondary N) is 5. The largest absolute Gasteiger partial charge is 0.467 e. The summed E-state index contributed by atoms with van der Waals surface area (Å²) in [7, 11) is 0. The number of carbonyl (C=O) groups excluding carboxylic acids is 2. The summed E-state index contributed by atoms with van der Waals surface area (Å²) in [5, 5.41) is 8.40. The van der Waals surface area contributed by atoms with Crippen molar-refractivity contribution in [1.29, 1.82) is 0 Å². The fourth-order valence-corrected chi connectivity index (χ4v) is 3.35. The van der Waals surface area contributed by atoms with Crippen molar-refractivity contribution in [2.75, 3.05) is 17.2 Å². The molecule has 30 heavy (non-hydrogen) atoms. The molecular formula is C22H23N5O3. The Kier molecular flexibility index (Phi) is 6.07. The Labute approximate surface area is 174 Å². The third-order valence-corrected chi connectivity index (χ3v) is 4.89. The second-order valence-corrected chi connectivity index (χ2v) is 6.97. The van der Waals surface area contributed by atoms with E-state index in [9.17, 15) is 9.59 Å². The Hall–Kier alpha value is -3.62. The van der Waals surface area contributed by atoms with Gasteiger partial charge in [0.1, 0.15) is 5.76 Å². The van der Waals surface area contributed by atoms with Gasteiger partial charge in [0.05, 0.1) is 24.8 Å². The number of hydrogen-bond acceptors (Lipinski definition) is 5. The predicted molar refractivity (Wildman–Crippen MR) is 113 cm³/mol. The first-order valence-corrected chi connectivity index (χ1v) is 9.70. The van der Waals surface area contributed by atoms with Gasteiger partial charge in [-0.05, 0) is 42.0 Å². The van der Waals surface area contributed by atoms with E-state index >= 15 is 0 Å². The van der Waals surface area contributed by atoms with Crippen molar-refractivity contribution in [2.24, 2.45) is 5.92 Å². The van der Waals surface area contributed by atoms with E-state index < -0.39 is 0 Å². The first-order chi connectivity index (χ1) is 14.7. The molecule has 8 heteroatoms. The molecule has 0 aliphatic carbocycles. The number of rotatable bonds is 6. The molecule has 1 saturated heterocycles. The molecule has 0 bridgehead atoms. The molecule has 0 spiro atoms. The monoisotopic (exact) mass is 405 g/mol. The highest BCUT2D eigenvalue weighted by Crippen LogP contribution is 2.26. The second kappa shape index (κ2) is 9.25. The van der Waals surface area contributed by atoms with Gasteiger partial charge in [-0.1, -0.05) is 30.3 Å². The molecular weight excluding hydrogens is 382 g/mol. The van der Waals surface area contributed by atoms with Crippen LogP contribution in [-0.2, 0) is 11.3 Å². The molecule has 8 nitrogen and oxygen atoms in total. The van der Waals surface area contributed by atoms with Gasteiger partial charge in [0, 0.05) is 17.9 Å².